The fraction of sp³-hybridized carbons (Fsp3) is 0.571. The molecule has 3 rings (SSSR count). The summed E-state index contributed by atoms with van der Waals surface area (Å²) < 4.78 is 3.24. The first-order chi connectivity index (χ1) is 10.5. The molecule has 2 atom stereocenters. The Labute approximate surface area is 133 Å². The van der Waals surface area contributed by atoms with Crippen LogP contribution in [0.5, 0.6) is 0 Å². The van der Waals surface area contributed by atoms with Gasteiger partial charge in [0.15, 0.2) is 0 Å². The summed E-state index contributed by atoms with van der Waals surface area (Å²) in [6.07, 6.45) is 4.87. The van der Waals surface area contributed by atoms with E-state index in [0.29, 0.717) is 5.15 Å². The molecule has 3 heterocycles. The topological polar surface area (TPSA) is 68.8 Å². The minimum absolute atomic E-state index is 0.0142. The Bertz CT molecular complexity index is 680. The summed E-state index contributed by atoms with van der Waals surface area (Å²) in [6, 6.07) is -0.390. The largest absolute Gasteiger partial charge is 0.334 e. The van der Waals surface area contributed by atoms with Crippen LogP contribution >= 0.6 is 11.6 Å². The van der Waals surface area contributed by atoms with E-state index >= 15 is 0 Å². The zero-order valence-electron chi connectivity index (χ0n) is 12.9. The molecule has 0 spiro atoms. The van der Waals surface area contributed by atoms with E-state index in [9.17, 15) is 4.79 Å². The van der Waals surface area contributed by atoms with E-state index in [-0.39, 0.29) is 18.0 Å². The molecular formula is C14H19ClN6O. The summed E-state index contributed by atoms with van der Waals surface area (Å²) in [6.45, 7) is 4.50. The molecular weight excluding hydrogens is 304 g/mol. The van der Waals surface area contributed by atoms with Gasteiger partial charge in [0.1, 0.15) is 23.8 Å². The maximum absolute atomic E-state index is 12.8. The quantitative estimate of drug-likeness (QED) is 0.865. The van der Waals surface area contributed by atoms with E-state index in [4.69, 9.17) is 11.6 Å². The summed E-state index contributed by atoms with van der Waals surface area (Å²) >= 11 is 6.38. The van der Waals surface area contributed by atoms with Gasteiger partial charge in [-0.25, -0.2) is 9.67 Å². The van der Waals surface area contributed by atoms with Crippen LogP contribution in [-0.4, -0.2) is 41.9 Å². The Morgan fingerprint density at radius 1 is 1.50 bits per heavy atom. The lowest BCUT2D eigenvalue weighted by molar-refractivity contribution is -0.135. The van der Waals surface area contributed by atoms with Crippen LogP contribution in [0.15, 0.2) is 12.7 Å². The van der Waals surface area contributed by atoms with E-state index in [1.54, 1.807) is 15.7 Å². The average Bonchev–Trinajstić information content (AvgIpc) is 3.20. The number of aryl methyl sites for hydroxylation is 2. The average molecular weight is 323 g/mol. The van der Waals surface area contributed by atoms with Crippen molar-refractivity contribution < 1.29 is 4.79 Å². The number of aromatic nitrogens is 5. The fourth-order valence-corrected chi connectivity index (χ4v) is 3.43. The van der Waals surface area contributed by atoms with Crippen molar-refractivity contribution in [2.24, 2.45) is 7.05 Å². The van der Waals surface area contributed by atoms with E-state index in [2.05, 4.69) is 15.2 Å². The Morgan fingerprint density at radius 2 is 2.27 bits per heavy atom. The molecule has 2 aromatic rings. The molecule has 2 unspecified atom stereocenters. The molecule has 1 fully saturated rings. The molecule has 0 bridgehead atoms. The van der Waals surface area contributed by atoms with E-state index in [1.165, 1.54) is 6.33 Å². The van der Waals surface area contributed by atoms with Gasteiger partial charge in [-0.05, 0) is 26.7 Å². The molecule has 0 aliphatic carbocycles. The van der Waals surface area contributed by atoms with Gasteiger partial charge >= 0.3 is 0 Å². The molecule has 8 heteroatoms. The highest BCUT2D eigenvalue weighted by Gasteiger charge is 2.36. The molecule has 0 N–H and O–H groups in total. The highest BCUT2D eigenvalue weighted by atomic mass is 35.5. The lowest BCUT2D eigenvalue weighted by Crippen LogP contribution is -2.36. The Hall–Kier alpha value is -1.89. The van der Waals surface area contributed by atoms with Gasteiger partial charge in [0.05, 0.1) is 11.7 Å². The van der Waals surface area contributed by atoms with Gasteiger partial charge in [0.25, 0.3) is 0 Å². The lowest BCUT2D eigenvalue weighted by Gasteiger charge is -2.27. The molecule has 0 radical (unpaired) electrons. The standard InChI is InChI=1S/C14H19ClN6O/c1-9-12(13(15)19(3)18-9)11-5-4-6-20(11)14(22)10(2)21-8-16-7-17-21/h7-8,10-11H,4-6H2,1-3H3. The van der Waals surface area contributed by atoms with Crippen molar-refractivity contribution in [1.82, 2.24) is 29.4 Å². The lowest BCUT2D eigenvalue weighted by atomic mass is 10.1. The van der Waals surface area contributed by atoms with E-state index < -0.39 is 0 Å². The Balaban J connectivity index is 1.88. The van der Waals surface area contributed by atoms with Crippen LogP contribution in [0.2, 0.25) is 5.15 Å². The van der Waals surface area contributed by atoms with Gasteiger partial charge in [-0.3, -0.25) is 9.48 Å². The first kappa shape index (κ1) is 15.0. The van der Waals surface area contributed by atoms with Crippen molar-refractivity contribution in [3.63, 3.8) is 0 Å². The second-order valence-electron chi connectivity index (χ2n) is 5.65. The summed E-state index contributed by atoms with van der Waals surface area (Å²) in [5.74, 6) is 0.0346. The molecule has 2 aromatic heterocycles. The summed E-state index contributed by atoms with van der Waals surface area (Å²) in [7, 11) is 1.82. The number of carbonyl (C=O) groups is 1. The van der Waals surface area contributed by atoms with E-state index in [0.717, 1.165) is 30.6 Å². The van der Waals surface area contributed by atoms with Crippen LogP contribution in [-0.2, 0) is 11.8 Å². The van der Waals surface area contributed by atoms with Crippen LogP contribution in [0.25, 0.3) is 0 Å². The third kappa shape index (κ3) is 2.39. The molecule has 1 aliphatic heterocycles. The molecule has 22 heavy (non-hydrogen) atoms. The van der Waals surface area contributed by atoms with Crippen molar-refractivity contribution in [3.05, 3.63) is 29.1 Å². The monoisotopic (exact) mass is 322 g/mol. The van der Waals surface area contributed by atoms with Gasteiger partial charge < -0.3 is 4.90 Å². The first-order valence-electron chi connectivity index (χ1n) is 7.34. The molecule has 118 valence electrons. The third-order valence-corrected chi connectivity index (χ3v) is 4.70. The second kappa shape index (κ2) is 5.72. The van der Waals surface area contributed by atoms with Crippen molar-refractivity contribution in [1.29, 1.82) is 0 Å². The number of rotatable bonds is 3. The van der Waals surface area contributed by atoms with Crippen molar-refractivity contribution in [2.75, 3.05) is 6.54 Å². The number of likely N-dealkylation sites (tertiary alicyclic amines) is 1. The number of halogens is 1. The summed E-state index contributed by atoms with van der Waals surface area (Å²) in [4.78, 5) is 18.6. The molecule has 1 aliphatic rings. The number of nitrogens with zero attached hydrogens (tertiary/aromatic N) is 6. The number of amides is 1. The van der Waals surface area contributed by atoms with Crippen LogP contribution in [0, 0.1) is 6.92 Å². The number of carbonyl (C=O) groups excluding carboxylic acids is 1. The molecule has 1 amide bonds. The second-order valence-corrected chi connectivity index (χ2v) is 6.01. The normalized spacial score (nSPS) is 19.6. The van der Waals surface area contributed by atoms with Crippen LogP contribution in [0.4, 0.5) is 0 Å². The van der Waals surface area contributed by atoms with Crippen molar-refractivity contribution >= 4 is 17.5 Å². The number of hydrogen-bond acceptors (Lipinski definition) is 4. The molecule has 0 aromatic carbocycles. The van der Waals surface area contributed by atoms with Crippen molar-refractivity contribution in [3.8, 4) is 0 Å². The number of hydrogen-bond donors (Lipinski definition) is 0. The highest BCUT2D eigenvalue weighted by molar-refractivity contribution is 6.30. The van der Waals surface area contributed by atoms with Crippen LogP contribution < -0.4 is 0 Å². The van der Waals surface area contributed by atoms with Gasteiger partial charge in [0, 0.05) is 19.2 Å². The van der Waals surface area contributed by atoms with Gasteiger partial charge in [-0.2, -0.15) is 10.2 Å². The maximum Gasteiger partial charge on any atom is 0.247 e. The zero-order chi connectivity index (χ0) is 15.9. The highest BCUT2D eigenvalue weighted by Crippen LogP contribution is 2.38. The van der Waals surface area contributed by atoms with Crippen LogP contribution in [0.3, 0.4) is 0 Å². The predicted molar refractivity (Wildman–Crippen MR) is 81.4 cm³/mol. The smallest absolute Gasteiger partial charge is 0.247 e. The first-order valence-corrected chi connectivity index (χ1v) is 7.72. The molecule has 7 nitrogen and oxygen atoms in total. The minimum atomic E-state index is -0.376. The van der Waals surface area contributed by atoms with Crippen molar-refractivity contribution in [2.45, 2.75) is 38.8 Å². The third-order valence-electron chi connectivity index (χ3n) is 4.26. The summed E-state index contributed by atoms with van der Waals surface area (Å²) in [5.41, 5.74) is 1.84. The van der Waals surface area contributed by atoms with Gasteiger partial charge in [0.2, 0.25) is 5.91 Å². The predicted octanol–water partition coefficient (Wildman–Crippen LogP) is 1.90. The van der Waals surface area contributed by atoms with Crippen LogP contribution in [0.1, 0.15) is 43.1 Å². The van der Waals surface area contributed by atoms with E-state index in [1.807, 2.05) is 25.8 Å². The minimum Gasteiger partial charge on any atom is -0.334 e. The maximum atomic E-state index is 12.8. The fourth-order valence-electron chi connectivity index (χ4n) is 3.13. The Kier molecular flexibility index (Phi) is 3.90. The SMILES string of the molecule is Cc1nn(C)c(Cl)c1C1CCCN1C(=O)C(C)n1cncn1. The molecule has 0 saturated carbocycles. The summed E-state index contributed by atoms with van der Waals surface area (Å²) in [5, 5.41) is 9.03. The van der Waals surface area contributed by atoms with Gasteiger partial charge in [-0.15, -0.1) is 0 Å². The van der Waals surface area contributed by atoms with Gasteiger partial charge in [-0.1, -0.05) is 11.6 Å². The zero-order valence-corrected chi connectivity index (χ0v) is 13.7. The Morgan fingerprint density at radius 3 is 2.86 bits per heavy atom. The molecule has 1 saturated heterocycles.